The molecule has 2 aliphatic heterocycles. The summed E-state index contributed by atoms with van der Waals surface area (Å²) in [5.41, 5.74) is 7.78. The van der Waals surface area contributed by atoms with E-state index < -0.39 is 0 Å². The molecule has 4 fully saturated rings. The summed E-state index contributed by atoms with van der Waals surface area (Å²) < 4.78 is 19.1. The Kier molecular flexibility index (Phi) is 3.85. The lowest BCUT2D eigenvalue weighted by atomic mass is 9.46. The van der Waals surface area contributed by atoms with Gasteiger partial charge in [0.2, 0.25) is 0 Å². The highest BCUT2D eigenvalue weighted by Crippen LogP contribution is 2.64. The first kappa shape index (κ1) is 16.4. The minimum absolute atomic E-state index is 0.191. The van der Waals surface area contributed by atoms with Crippen molar-refractivity contribution >= 4 is 11.6 Å². The SMILES string of the molecule is NC(=NC1C2CCOC2C12CCC2)N1CCN(c2ccc(F)cc2)CC1. The Morgan fingerprint density at radius 1 is 1.15 bits per heavy atom. The van der Waals surface area contributed by atoms with Gasteiger partial charge in [-0.15, -0.1) is 0 Å². The summed E-state index contributed by atoms with van der Waals surface area (Å²) in [7, 11) is 0. The number of halogens is 1. The third-order valence-corrected chi connectivity index (χ3v) is 7.05. The smallest absolute Gasteiger partial charge is 0.191 e. The molecule has 4 aliphatic rings. The van der Waals surface area contributed by atoms with Crippen LogP contribution in [0.3, 0.4) is 0 Å². The van der Waals surface area contributed by atoms with Gasteiger partial charge in [0.25, 0.3) is 0 Å². The van der Waals surface area contributed by atoms with Crippen LogP contribution in [0.15, 0.2) is 29.3 Å². The number of benzene rings is 1. The first-order valence-corrected chi connectivity index (χ1v) is 9.88. The number of piperazine rings is 1. The molecule has 5 rings (SSSR count). The van der Waals surface area contributed by atoms with Gasteiger partial charge in [0.15, 0.2) is 5.96 Å². The molecule has 140 valence electrons. The molecule has 2 aliphatic carbocycles. The molecule has 2 N–H and O–H groups in total. The molecule has 2 saturated heterocycles. The van der Waals surface area contributed by atoms with E-state index in [0.717, 1.165) is 44.9 Å². The fraction of sp³-hybridized carbons (Fsp3) is 0.650. The zero-order chi connectivity index (χ0) is 17.7. The summed E-state index contributed by atoms with van der Waals surface area (Å²) in [4.78, 5) is 9.49. The number of anilines is 1. The molecule has 2 saturated carbocycles. The Hall–Kier alpha value is -1.82. The fourth-order valence-corrected chi connectivity index (χ4v) is 5.46. The van der Waals surface area contributed by atoms with Crippen LogP contribution in [-0.4, -0.2) is 55.8 Å². The van der Waals surface area contributed by atoms with Gasteiger partial charge in [-0.1, -0.05) is 6.42 Å². The highest BCUT2D eigenvalue weighted by Gasteiger charge is 2.66. The Morgan fingerprint density at radius 3 is 2.54 bits per heavy atom. The highest BCUT2D eigenvalue weighted by atomic mass is 19.1. The first-order valence-electron chi connectivity index (χ1n) is 9.88. The quantitative estimate of drug-likeness (QED) is 0.651. The van der Waals surface area contributed by atoms with Crippen molar-refractivity contribution in [1.82, 2.24) is 4.90 Å². The van der Waals surface area contributed by atoms with Crippen molar-refractivity contribution in [2.45, 2.75) is 37.8 Å². The van der Waals surface area contributed by atoms with Crippen LogP contribution in [0.2, 0.25) is 0 Å². The van der Waals surface area contributed by atoms with Gasteiger partial charge in [-0.3, -0.25) is 0 Å². The lowest BCUT2D eigenvalue weighted by Gasteiger charge is -2.61. The highest BCUT2D eigenvalue weighted by molar-refractivity contribution is 5.79. The maximum absolute atomic E-state index is 13.1. The molecule has 1 aromatic carbocycles. The maximum Gasteiger partial charge on any atom is 0.191 e. The van der Waals surface area contributed by atoms with Crippen LogP contribution in [0.1, 0.15) is 25.7 Å². The Bertz CT molecular complexity index is 694. The van der Waals surface area contributed by atoms with E-state index in [1.165, 1.54) is 31.4 Å². The van der Waals surface area contributed by atoms with Crippen LogP contribution in [0, 0.1) is 17.2 Å². The summed E-state index contributed by atoms with van der Waals surface area (Å²) in [5, 5.41) is 0. The zero-order valence-electron chi connectivity index (χ0n) is 15.1. The van der Waals surface area contributed by atoms with E-state index in [-0.39, 0.29) is 5.82 Å². The molecule has 5 nitrogen and oxygen atoms in total. The van der Waals surface area contributed by atoms with Crippen molar-refractivity contribution in [3.63, 3.8) is 0 Å². The van der Waals surface area contributed by atoms with Crippen LogP contribution in [0.5, 0.6) is 0 Å². The van der Waals surface area contributed by atoms with E-state index in [0.29, 0.717) is 29.4 Å². The number of fused-ring (bicyclic) bond motifs is 2. The predicted octanol–water partition coefficient (Wildman–Crippen LogP) is 2.22. The molecular weight excluding hydrogens is 331 g/mol. The van der Waals surface area contributed by atoms with E-state index in [9.17, 15) is 4.39 Å². The first-order chi connectivity index (χ1) is 12.7. The lowest BCUT2D eigenvalue weighted by Crippen LogP contribution is -2.66. The molecule has 0 amide bonds. The number of hydrogen-bond acceptors (Lipinski definition) is 3. The van der Waals surface area contributed by atoms with Gasteiger partial charge in [-0.05, 0) is 43.5 Å². The predicted molar refractivity (Wildman–Crippen MR) is 99.7 cm³/mol. The third kappa shape index (κ3) is 2.42. The van der Waals surface area contributed by atoms with E-state index >= 15 is 0 Å². The minimum atomic E-state index is -0.191. The van der Waals surface area contributed by atoms with E-state index in [1.54, 1.807) is 0 Å². The number of aliphatic imine (C=N–C) groups is 1. The van der Waals surface area contributed by atoms with Crippen LogP contribution in [-0.2, 0) is 4.74 Å². The van der Waals surface area contributed by atoms with Crippen molar-refractivity contribution < 1.29 is 9.13 Å². The van der Waals surface area contributed by atoms with Crippen LogP contribution in [0.4, 0.5) is 10.1 Å². The van der Waals surface area contributed by atoms with Gasteiger partial charge in [0.05, 0.1) is 12.1 Å². The van der Waals surface area contributed by atoms with Crippen molar-refractivity contribution in [3.8, 4) is 0 Å². The lowest BCUT2D eigenvalue weighted by molar-refractivity contribution is -0.164. The van der Waals surface area contributed by atoms with Gasteiger partial charge in [0.1, 0.15) is 5.82 Å². The number of nitrogens with two attached hydrogens (primary N) is 1. The summed E-state index contributed by atoms with van der Waals surface area (Å²) in [5.74, 6) is 1.09. The van der Waals surface area contributed by atoms with Crippen molar-refractivity contribution in [2.24, 2.45) is 22.1 Å². The normalized spacial score (nSPS) is 33.0. The number of nitrogens with zero attached hydrogens (tertiary/aromatic N) is 3. The molecule has 6 heteroatoms. The van der Waals surface area contributed by atoms with Gasteiger partial charge in [0, 0.05) is 49.8 Å². The Morgan fingerprint density at radius 2 is 1.88 bits per heavy atom. The molecule has 1 aromatic rings. The third-order valence-electron chi connectivity index (χ3n) is 7.05. The number of ether oxygens (including phenoxy) is 1. The van der Waals surface area contributed by atoms with E-state index in [2.05, 4.69) is 9.80 Å². The second-order valence-electron chi connectivity index (χ2n) is 8.21. The van der Waals surface area contributed by atoms with Crippen LogP contribution in [0.25, 0.3) is 0 Å². The van der Waals surface area contributed by atoms with Crippen molar-refractivity contribution in [3.05, 3.63) is 30.1 Å². The molecular formula is C20H27FN4O. The molecule has 0 radical (unpaired) electrons. The summed E-state index contributed by atoms with van der Waals surface area (Å²) >= 11 is 0. The Balaban J connectivity index is 1.24. The number of hydrogen-bond donors (Lipinski definition) is 1. The van der Waals surface area contributed by atoms with Crippen molar-refractivity contribution in [1.29, 1.82) is 0 Å². The van der Waals surface area contributed by atoms with Crippen molar-refractivity contribution in [2.75, 3.05) is 37.7 Å². The Labute approximate surface area is 154 Å². The average molecular weight is 358 g/mol. The monoisotopic (exact) mass is 358 g/mol. The molecule has 26 heavy (non-hydrogen) atoms. The van der Waals surface area contributed by atoms with Gasteiger partial charge >= 0.3 is 0 Å². The second kappa shape index (κ2) is 6.12. The molecule has 0 aromatic heterocycles. The second-order valence-corrected chi connectivity index (χ2v) is 8.21. The van der Waals surface area contributed by atoms with Gasteiger partial charge < -0.3 is 20.3 Å². The van der Waals surface area contributed by atoms with Gasteiger partial charge in [-0.2, -0.15) is 0 Å². The summed E-state index contributed by atoms with van der Waals surface area (Å²) in [6.07, 6.45) is 5.36. The zero-order valence-corrected chi connectivity index (χ0v) is 15.1. The van der Waals surface area contributed by atoms with Crippen LogP contribution < -0.4 is 10.6 Å². The van der Waals surface area contributed by atoms with E-state index in [1.807, 2.05) is 12.1 Å². The van der Waals surface area contributed by atoms with E-state index in [4.69, 9.17) is 15.5 Å². The molecule has 3 atom stereocenters. The largest absolute Gasteiger partial charge is 0.377 e. The average Bonchev–Trinajstić information content (AvgIpc) is 3.04. The minimum Gasteiger partial charge on any atom is -0.377 e. The molecule has 2 heterocycles. The molecule has 1 spiro atoms. The summed E-state index contributed by atoms with van der Waals surface area (Å²) in [6, 6.07) is 7.09. The molecule has 0 bridgehead atoms. The number of guanidine groups is 1. The van der Waals surface area contributed by atoms with Crippen LogP contribution >= 0.6 is 0 Å². The maximum atomic E-state index is 13.1. The molecule has 3 unspecified atom stereocenters. The number of rotatable bonds is 2. The topological polar surface area (TPSA) is 54.1 Å². The standard InChI is InChI=1S/C20H27FN4O/c21-14-2-4-15(5-3-14)24-9-11-25(12-10-24)19(22)23-17-16-6-13-26-18(16)20(17)7-1-8-20/h2-5,16-18H,1,6-13H2,(H2,22,23). The summed E-state index contributed by atoms with van der Waals surface area (Å²) in [6.45, 7) is 4.37. The fourth-order valence-electron chi connectivity index (χ4n) is 5.46. The van der Waals surface area contributed by atoms with Gasteiger partial charge in [-0.25, -0.2) is 9.38 Å².